The van der Waals surface area contributed by atoms with E-state index in [2.05, 4.69) is 14.6 Å². The zero-order chi connectivity index (χ0) is 20.1. The minimum absolute atomic E-state index is 0.0230. The number of methoxy groups -OCH3 is 1. The van der Waals surface area contributed by atoms with E-state index in [-0.39, 0.29) is 11.4 Å². The van der Waals surface area contributed by atoms with E-state index < -0.39 is 16.1 Å². The van der Waals surface area contributed by atoms with Crippen LogP contribution >= 0.6 is 0 Å². The number of rotatable bonds is 6. The van der Waals surface area contributed by atoms with Crippen LogP contribution in [-0.4, -0.2) is 82.8 Å². The van der Waals surface area contributed by atoms with Gasteiger partial charge in [0.25, 0.3) is 5.91 Å². The molecule has 1 fully saturated rings. The van der Waals surface area contributed by atoms with Gasteiger partial charge in [-0.2, -0.15) is 8.42 Å². The fourth-order valence-electron chi connectivity index (χ4n) is 2.93. The third-order valence-corrected chi connectivity index (χ3v) is 5.90. The molecule has 1 aromatic carbocycles. The van der Waals surface area contributed by atoms with Crippen molar-refractivity contribution in [3.8, 4) is 5.75 Å². The SMILES string of the molecule is COc1cccc(C2=NS(=O)(=O)N(C)C(C(=O)NCCN3CCOCC3)=C2)c1. The van der Waals surface area contributed by atoms with Crippen molar-refractivity contribution in [2.24, 2.45) is 4.40 Å². The van der Waals surface area contributed by atoms with Gasteiger partial charge in [-0.1, -0.05) is 12.1 Å². The van der Waals surface area contributed by atoms with Gasteiger partial charge < -0.3 is 14.8 Å². The Labute approximate surface area is 164 Å². The van der Waals surface area contributed by atoms with Gasteiger partial charge in [-0.05, 0) is 18.2 Å². The number of ether oxygens (including phenoxy) is 2. The summed E-state index contributed by atoms with van der Waals surface area (Å²) < 4.78 is 40.0. The largest absolute Gasteiger partial charge is 0.497 e. The summed E-state index contributed by atoms with van der Waals surface area (Å²) in [5, 5.41) is 2.79. The van der Waals surface area contributed by atoms with Crippen molar-refractivity contribution in [2.45, 2.75) is 0 Å². The Morgan fingerprint density at radius 1 is 1.32 bits per heavy atom. The van der Waals surface area contributed by atoms with E-state index in [0.717, 1.165) is 17.4 Å². The predicted molar refractivity (Wildman–Crippen MR) is 105 cm³/mol. The molecule has 2 aliphatic rings. The molecule has 0 saturated carbocycles. The Kier molecular flexibility index (Phi) is 6.32. The molecule has 2 aliphatic heterocycles. The molecule has 10 heteroatoms. The summed E-state index contributed by atoms with van der Waals surface area (Å²) in [4.78, 5) is 14.8. The van der Waals surface area contributed by atoms with E-state index in [1.165, 1.54) is 20.2 Å². The van der Waals surface area contributed by atoms with Crippen LogP contribution in [0.5, 0.6) is 5.75 Å². The lowest BCUT2D eigenvalue weighted by Crippen LogP contribution is -2.43. The third-order valence-electron chi connectivity index (χ3n) is 4.59. The summed E-state index contributed by atoms with van der Waals surface area (Å²) in [6.45, 7) is 4.09. The van der Waals surface area contributed by atoms with Crippen LogP contribution < -0.4 is 10.1 Å². The van der Waals surface area contributed by atoms with Crippen LogP contribution in [0.4, 0.5) is 0 Å². The smallest absolute Gasteiger partial charge is 0.345 e. The fourth-order valence-corrected chi connectivity index (χ4v) is 3.84. The van der Waals surface area contributed by atoms with Gasteiger partial charge in [0.15, 0.2) is 0 Å². The van der Waals surface area contributed by atoms with Crippen molar-refractivity contribution in [1.82, 2.24) is 14.5 Å². The number of nitrogens with zero attached hydrogens (tertiary/aromatic N) is 3. The van der Waals surface area contributed by atoms with Gasteiger partial charge in [-0.15, -0.1) is 4.40 Å². The van der Waals surface area contributed by atoms with Crippen molar-refractivity contribution >= 4 is 21.8 Å². The van der Waals surface area contributed by atoms with E-state index >= 15 is 0 Å². The second-order valence-corrected chi connectivity index (χ2v) is 8.02. The summed E-state index contributed by atoms with van der Waals surface area (Å²) in [5.41, 5.74) is 0.764. The number of morpholine rings is 1. The lowest BCUT2D eigenvalue weighted by molar-refractivity contribution is -0.118. The molecule has 9 nitrogen and oxygen atoms in total. The maximum absolute atomic E-state index is 12.6. The van der Waals surface area contributed by atoms with Crippen LogP contribution in [0.2, 0.25) is 0 Å². The molecule has 3 rings (SSSR count). The first-order chi connectivity index (χ1) is 13.4. The first-order valence-electron chi connectivity index (χ1n) is 8.94. The summed E-state index contributed by atoms with van der Waals surface area (Å²) in [6, 6.07) is 6.87. The van der Waals surface area contributed by atoms with Crippen molar-refractivity contribution in [1.29, 1.82) is 0 Å². The van der Waals surface area contributed by atoms with Crippen LogP contribution in [0.3, 0.4) is 0 Å². The summed E-state index contributed by atoms with van der Waals surface area (Å²) in [5.74, 6) is 0.107. The van der Waals surface area contributed by atoms with Gasteiger partial charge in [0.2, 0.25) is 0 Å². The first-order valence-corrected chi connectivity index (χ1v) is 10.3. The van der Waals surface area contributed by atoms with Gasteiger partial charge >= 0.3 is 10.2 Å². The fraction of sp³-hybridized carbons (Fsp3) is 0.444. The molecule has 0 bridgehead atoms. The van der Waals surface area contributed by atoms with E-state index in [9.17, 15) is 13.2 Å². The van der Waals surface area contributed by atoms with Gasteiger partial charge in [0, 0.05) is 38.8 Å². The van der Waals surface area contributed by atoms with E-state index in [0.29, 0.717) is 37.6 Å². The van der Waals surface area contributed by atoms with Crippen LogP contribution in [0.1, 0.15) is 5.56 Å². The number of nitrogens with one attached hydrogen (secondary N) is 1. The maximum Gasteiger partial charge on any atom is 0.345 e. The highest BCUT2D eigenvalue weighted by molar-refractivity contribution is 7.88. The molecule has 1 amide bonds. The molecular formula is C18H24N4O5S. The van der Waals surface area contributed by atoms with Crippen LogP contribution in [0, 0.1) is 0 Å². The standard InChI is InChI=1S/C18H24N4O5S/c1-21-17(18(23)19-6-7-22-8-10-27-11-9-22)13-16(20-28(21,24)25)14-4-3-5-15(12-14)26-2/h3-5,12-13H,6-11H2,1-2H3,(H,19,23). The molecule has 0 spiro atoms. The molecule has 28 heavy (non-hydrogen) atoms. The van der Waals surface area contributed by atoms with E-state index in [4.69, 9.17) is 9.47 Å². The van der Waals surface area contributed by atoms with Crippen molar-refractivity contribution in [3.05, 3.63) is 41.6 Å². The number of carbonyl (C=O) groups is 1. The Bertz CT molecular complexity index is 891. The average molecular weight is 408 g/mol. The number of benzene rings is 1. The monoisotopic (exact) mass is 408 g/mol. The van der Waals surface area contributed by atoms with Gasteiger partial charge in [0.1, 0.15) is 11.4 Å². The van der Waals surface area contributed by atoms with E-state index in [1.54, 1.807) is 24.3 Å². The topological polar surface area (TPSA) is 101 Å². The lowest BCUT2D eigenvalue weighted by Gasteiger charge is -2.27. The Balaban J connectivity index is 1.75. The van der Waals surface area contributed by atoms with Crippen molar-refractivity contribution in [2.75, 3.05) is 53.6 Å². The molecule has 1 saturated heterocycles. The molecule has 0 unspecified atom stereocenters. The van der Waals surface area contributed by atoms with Crippen molar-refractivity contribution in [3.63, 3.8) is 0 Å². The minimum atomic E-state index is -3.99. The van der Waals surface area contributed by atoms with Gasteiger partial charge in [-0.25, -0.2) is 4.31 Å². The molecule has 0 aliphatic carbocycles. The second-order valence-electron chi connectivity index (χ2n) is 6.39. The molecule has 0 aromatic heterocycles. The normalized spacial score (nSPS) is 19.6. The molecule has 0 atom stereocenters. The highest BCUT2D eigenvalue weighted by Crippen LogP contribution is 2.21. The molecule has 0 radical (unpaired) electrons. The Morgan fingerprint density at radius 3 is 2.79 bits per heavy atom. The Hall–Kier alpha value is -2.43. The molecule has 152 valence electrons. The highest BCUT2D eigenvalue weighted by atomic mass is 32.2. The number of amides is 1. The minimum Gasteiger partial charge on any atom is -0.497 e. The number of allylic oxidation sites excluding steroid dienone is 1. The lowest BCUT2D eigenvalue weighted by atomic mass is 10.1. The number of carbonyl (C=O) groups excluding carboxylic acids is 1. The number of likely N-dealkylation sites (N-methyl/N-ethyl adjacent to an activating group) is 1. The Morgan fingerprint density at radius 2 is 2.07 bits per heavy atom. The highest BCUT2D eigenvalue weighted by Gasteiger charge is 2.30. The van der Waals surface area contributed by atoms with Crippen LogP contribution in [-0.2, 0) is 19.7 Å². The summed E-state index contributed by atoms with van der Waals surface area (Å²) in [6.07, 6.45) is 1.47. The van der Waals surface area contributed by atoms with Gasteiger partial charge in [-0.3, -0.25) is 9.69 Å². The third kappa shape index (κ3) is 4.70. The molecular weight excluding hydrogens is 384 g/mol. The quantitative estimate of drug-likeness (QED) is 0.712. The number of hydrogen-bond donors (Lipinski definition) is 1. The average Bonchev–Trinajstić information content (AvgIpc) is 2.70. The summed E-state index contributed by atoms with van der Waals surface area (Å²) >= 11 is 0. The van der Waals surface area contributed by atoms with Crippen molar-refractivity contribution < 1.29 is 22.7 Å². The first kappa shape index (κ1) is 20.3. The van der Waals surface area contributed by atoms with Gasteiger partial charge in [0.05, 0.1) is 26.0 Å². The zero-order valence-electron chi connectivity index (χ0n) is 15.9. The van der Waals surface area contributed by atoms with E-state index in [1.807, 2.05) is 0 Å². The van der Waals surface area contributed by atoms with Crippen LogP contribution in [0.25, 0.3) is 0 Å². The predicted octanol–water partition coefficient (Wildman–Crippen LogP) is 0.00680. The zero-order valence-corrected chi connectivity index (χ0v) is 16.7. The molecule has 1 N–H and O–H groups in total. The number of hydrogen-bond acceptors (Lipinski definition) is 6. The summed E-state index contributed by atoms with van der Waals surface area (Å²) in [7, 11) is -1.16. The molecule has 1 aromatic rings. The second kappa shape index (κ2) is 8.72. The maximum atomic E-state index is 12.6. The van der Waals surface area contributed by atoms with Crippen LogP contribution in [0.15, 0.2) is 40.4 Å². The molecule has 2 heterocycles.